The van der Waals surface area contributed by atoms with Crippen LogP contribution in [0.3, 0.4) is 0 Å². The first-order chi connectivity index (χ1) is 14.9. The number of aryl methyl sites for hydroxylation is 1. The molecule has 0 saturated carbocycles. The molecule has 0 atom stereocenters. The van der Waals surface area contributed by atoms with Gasteiger partial charge in [-0.1, -0.05) is 29.8 Å². The molecule has 0 aromatic heterocycles. The van der Waals surface area contributed by atoms with Gasteiger partial charge in [-0.3, -0.25) is 4.79 Å². The molecule has 0 radical (unpaired) electrons. The number of halogens is 3. The van der Waals surface area contributed by atoms with Crippen LogP contribution in [-0.2, 0) is 6.61 Å². The van der Waals surface area contributed by atoms with E-state index in [0.717, 1.165) is 11.6 Å². The third kappa shape index (κ3) is 6.00. The minimum Gasteiger partial charge on any atom is -0.487 e. The minimum absolute atomic E-state index is 0.136. The van der Waals surface area contributed by atoms with Gasteiger partial charge in [0.15, 0.2) is 0 Å². The zero-order valence-electron chi connectivity index (χ0n) is 16.3. The summed E-state index contributed by atoms with van der Waals surface area (Å²) in [5.74, 6) is -0.858. The molecule has 0 aliphatic carbocycles. The van der Waals surface area contributed by atoms with Crippen molar-refractivity contribution in [3.8, 4) is 11.8 Å². The van der Waals surface area contributed by atoms with Crippen LogP contribution in [0.25, 0.3) is 0 Å². The molecule has 5 nitrogen and oxygen atoms in total. The Hall–Kier alpha value is -3.02. The molecule has 0 spiro atoms. The fourth-order valence-corrected chi connectivity index (χ4v) is 4.08. The van der Waals surface area contributed by atoms with Gasteiger partial charge >= 0.3 is 0 Å². The second-order valence-corrected chi connectivity index (χ2v) is 8.30. The summed E-state index contributed by atoms with van der Waals surface area (Å²) in [6, 6.07) is 17.1. The first kappa shape index (κ1) is 22.7. The van der Waals surface area contributed by atoms with E-state index < -0.39 is 11.7 Å². The quantitative estimate of drug-likeness (QED) is 0.311. The van der Waals surface area contributed by atoms with Gasteiger partial charge in [-0.15, -0.1) is 0 Å². The smallest absolute Gasteiger partial charge is 0.274 e. The fourth-order valence-electron chi connectivity index (χ4n) is 2.63. The Morgan fingerprint density at radius 2 is 1.84 bits per heavy atom. The highest BCUT2D eigenvalue weighted by Crippen LogP contribution is 2.35. The Labute approximate surface area is 195 Å². The highest BCUT2D eigenvalue weighted by atomic mass is 79.9. The molecule has 0 saturated heterocycles. The van der Waals surface area contributed by atoms with Crippen molar-refractivity contribution in [2.24, 2.45) is 5.10 Å². The van der Waals surface area contributed by atoms with Crippen LogP contribution in [0, 0.1) is 24.1 Å². The van der Waals surface area contributed by atoms with Gasteiger partial charge in [-0.2, -0.15) is 10.4 Å². The molecule has 0 fully saturated rings. The molecule has 3 aromatic carbocycles. The predicted molar refractivity (Wildman–Crippen MR) is 124 cm³/mol. The Balaban J connectivity index is 1.65. The average molecular weight is 545 g/mol. The predicted octanol–water partition coefficient (Wildman–Crippen LogP) is 5.87. The van der Waals surface area contributed by atoms with Crippen LogP contribution in [0.5, 0.6) is 5.75 Å². The maximum Gasteiger partial charge on any atom is 0.274 e. The van der Waals surface area contributed by atoms with E-state index in [4.69, 9.17) is 10.00 Å². The summed E-state index contributed by atoms with van der Waals surface area (Å²) in [5.41, 5.74) is 5.13. The summed E-state index contributed by atoms with van der Waals surface area (Å²) in [4.78, 5) is 12.1. The number of nitriles is 1. The van der Waals surface area contributed by atoms with Crippen molar-refractivity contribution in [1.29, 1.82) is 5.26 Å². The zero-order chi connectivity index (χ0) is 22.4. The molecule has 0 heterocycles. The van der Waals surface area contributed by atoms with E-state index in [1.807, 2.05) is 37.3 Å². The molecule has 3 rings (SSSR count). The van der Waals surface area contributed by atoms with E-state index >= 15 is 0 Å². The third-order valence-corrected chi connectivity index (χ3v) is 5.42. The van der Waals surface area contributed by atoms with E-state index in [1.165, 1.54) is 23.9 Å². The monoisotopic (exact) mass is 543 g/mol. The summed E-state index contributed by atoms with van der Waals surface area (Å²) in [6.45, 7) is 2.44. The van der Waals surface area contributed by atoms with Gasteiger partial charge in [0.1, 0.15) is 18.2 Å². The number of carbonyl (C=O) groups excluding carboxylic acids is 1. The van der Waals surface area contributed by atoms with E-state index in [1.54, 1.807) is 12.1 Å². The SMILES string of the molecule is Cc1ccc(COc2c(Br)cc(/C=N\NC(=O)c3ccc(C#N)cc3F)cc2Br)cc1. The second-order valence-electron chi connectivity index (χ2n) is 6.59. The standard InChI is InChI=1S/C23H16Br2FN3O2/c1-14-2-4-15(5-3-14)13-31-22-19(24)8-17(9-20(22)25)12-28-29-23(30)18-7-6-16(11-27)10-21(18)26/h2-10,12H,13H2,1H3,(H,29,30)/b28-12-. The molecule has 1 N–H and O–H groups in total. The van der Waals surface area contributed by atoms with E-state index in [2.05, 4.69) is 42.4 Å². The number of carbonyl (C=O) groups is 1. The molecule has 31 heavy (non-hydrogen) atoms. The zero-order valence-corrected chi connectivity index (χ0v) is 19.5. The molecule has 8 heteroatoms. The summed E-state index contributed by atoms with van der Waals surface area (Å²) < 4.78 is 21.2. The summed E-state index contributed by atoms with van der Waals surface area (Å²) in [7, 11) is 0. The van der Waals surface area contributed by atoms with Gasteiger partial charge in [0.2, 0.25) is 0 Å². The lowest BCUT2D eigenvalue weighted by molar-refractivity contribution is 0.0951. The number of amides is 1. The van der Waals surface area contributed by atoms with Crippen molar-refractivity contribution in [3.63, 3.8) is 0 Å². The Morgan fingerprint density at radius 3 is 2.45 bits per heavy atom. The topological polar surface area (TPSA) is 74.5 Å². The number of nitrogens with one attached hydrogen (secondary N) is 1. The van der Waals surface area contributed by atoms with Crippen molar-refractivity contribution in [3.05, 3.63) is 97.2 Å². The van der Waals surface area contributed by atoms with Gasteiger partial charge in [0.05, 0.1) is 32.4 Å². The summed E-state index contributed by atoms with van der Waals surface area (Å²) >= 11 is 6.97. The van der Waals surface area contributed by atoms with Crippen molar-refractivity contribution >= 4 is 44.0 Å². The second kappa shape index (κ2) is 10.3. The van der Waals surface area contributed by atoms with Crippen molar-refractivity contribution in [2.75, 3.05) is 0 Å². The number of hydrogen-bond donors (Lipinski definition) is 1. The molecule has 0 bridgehead atoms. The van der Waals surface area contributed by atoms with Crippen molar-refractivity contribution < 1.29 is 13.9 Å². The minimum atomic E-state index is -0.785. The molecule has 0 unspecified atom stereocenters. The van der Waals surface area contributed by atoms with Crippen LogP contribution in [0.2, 0.25) is 0 Å². The van der Waals surface area contributed by atoms with Crippen LogP contribution in [0.4, 0.5) is 4.39 Å². The maximum atomic E-state index is 13.9. The van der Waals surface area contributed by atoms with Crippen molar-refractivity contribution in [1.82, 2.24) is 5.43 Å². The summed E-state index contributed by atoms with van der Waals surface area (Å²) in [6.07, 6.45) is 1.43. The van der Waals surface area contributed by atoms with Crippen LogP contribution in [-0.4, -0.2) is 12.1 Å². The number of rotatable bonds is 6. The summed E-state index contributed by atoms with van der Waals surface area (Å²) in [5, 5.41) is 12.6. The normalized spacial score (nSPS) is 10.7. The van der Waals surface area contributed by atoms with Crippen LogP contribution < -0.4 is 10.2 Å². The largest absolute Gasteiger partial charge is 0.487 e. The molecule has 3 aromatic rings. The lowest BCUT2D eigenvalue weighted by Crippen LogP contribution is -2.19. The van der Waals surface area contributed by atoms with E-state index in [9.17, 15) is 9.18 Å². The number of ether oxygens (including phenoxy) is 1. The van der Waals surface area contributed by atoms with E-state index in [0.29, 0.717) is 26.9 Å². The Bertz CT molecular complexity index is 1170. The highest BCUT2D eigenvalue weighted by molar-refractivity contribution is 9.11. The molecule has 0 aliphatic rings. The first-order valence-corrected chi connectivity index (χ1v) is 10.7. The van der Waals surface area contributed by atoms with Crippen LogP contribution >= 0.6 is 31.9 Å². The van der Waals surface area contributed by atoms with Gasteiger partial charge in [0.25, 0.3) is 5.91 Å². The Morgan fingerprint density at radius 1 is 1.16 bits per heavy atom. The van der Waals surface area contributed by atoms with E-state index in [-0.39, 0.29) is 11.1 Å². The maximum absolute atomic E-state index is 13.9. The fraction of sp³-hybridized carbons (Fsp3) is 0.0870. The van der Waals surface area contributed by atoms with Gasteiger partial charge in [-0.05, 0) is 80.2 Å². The highest BCUT2D eigenvalue weighted by Gasteiger charge is 2.12. The third-order valence-electron chi connectivity index (χ3n) is 4.25. The van der Waals surface area contributed by atoms with Gasteiger partial charge in [-0.25, -0.2) is 9.82 Å². The van der Waals surface area contributed by atoms with Crippen molar-refractivity contribution in [2.45, 2.75) is 13.5 Å². The molecule has 1 amide bonds. The molecular formula is C23H16Br2FN3O2. The molecular weight excluding hydrogens is 529 g/mol. The van der Waals surface area contributed by atoms with Crippen LogP contribution in [0.1, 0.15) is 32.6 Å². The lowest BCUT2D eigenvalue weighted by atomic mass is 10.1. The average Bonchev–Trinajstić information content (AvgIpc) is 2.74. The lowest BCUT2D eigenvalue weighted by Gasteiger charge is -2.11. The Kier molecular flexibility index (Phi) is 7.55. The first-order valence-electron chi connectivity index (χ1n) is 9.08. The number of benzene rings is 3. The number of hydrogen-bond acceptors (Lipinski definition) is 4. The molecule has 156 valence electrons. The molecule has 0 aliphatic heterocycles. The number of nitrogens with zero attached hydrogens (tertiary/aromatic N) is 2. The van der Waals surface area contributed by atoms with Gasteiger partial charge < -0.3 is 4.74 Å². The number of hydrazone groups is 1. The van der Waals surface area contributed by atoms with Crippen LogP contribution in [0.15, 0.2) is 68.6 Å². The van der Waals surface area contributed by atoms with Gasteiger partial charge in [0, 0.05) is 0 Å².